The largest absolute Gasteiger partial charge is 0.447 e. The minimum absolute atomic E-state index is 0.00773. The van der Waals surface area contributed by atoms with Gasteiger partial charge in [0.2, 0.25) is 0 Å². The second-order valence-corrected chi connectivity index (χ2v) is 6.35. The van der Waals surface area contributed by atoms with Crippen LogP contribution in [0.4, 0.5) is 0 Å². The van der Waals surface area contributed by atoms with Gasteiger partial charge in [-0.2, -0.15) is 0 Å². The van der Waals surface area contributed by atoms with Crippen LogP contribution in [0.3, 0.4) is 0 Å². The molecule has 1 fully saturated rings. The van der Waals surface area contributed by atoms with Crippen molar-refractivity contribution in [1.82, 2.24) is 24.9 Å². The molecule has 0 saturated carbocycles. The number of carbonyl (C=O) groups is 1. The first-order valence-electron chi connectivity index (χ1n) is 7.88. The topological polar surface area (TPSA) is 86.3 Å². The number of fused-ring (bicyclic) bond motifs is 3. The van der Waals surface area contributed by atoms with Crippen molar-refractivity contribution < 1.29 is 13.9 Å². The Labute approximate surface area is 133 Å². The zero-order chi connectivity index (χ0) is 16.0. The first-order valence-corrected chi connectivity index (χ1v) is 7.88. The number of amides is 1. The van der Waals surface area contributed by atoms with Crippen LogP contribution in [0.25, 0.3) is 0 Å². The fourth-order valence-corrected chi connectivity index (χ4v) is 3.34. The van der Waals surface area contributed by atoms with E-state index in [0.29, 0.717) is 31.2 Å². The molecule has 1 amide bonds. The van der Waals surface area contributed by atoms with Gasteiger partial charge in [0.15, 0.2) is 12.1 Å². The van der Waals surface area contributed by atoms with Gasteiger partial charge in [0.05, 0.1) is 30.6 Å². The van der Waals surface area contributed by atoms with Crippen LogP contribution in [-0.4, -0.2) is 50.0 Å². The first-order chi connectivity index (χ1) is 11.1. The third-order valence-electron chi connectivity index (χ3n) is 4.54. The highest BCUT2D eigenvalue weighted by molar-refractivity contribution is 5.93. The van der Waals surface area contributed by atoms with Crippen LogP contribution in [0, 0.1) is 0 Å². The summed E-state index contributed by atoms with van der Waals surface area (Å²) >= 11 is 0. The normalized spacial score (nSPS) is 23.7. The zero-order valence-electron chi connectivity index (χ0n) is 13.2. The maximum Gasteiger partial charge on any atom is 0.276 e. The number of likely N-dealkylation sites (tertiary alicyclic amines) is 1. The molecule has 2 aliphatic heterocycles. The summed E-state index contributed by atoms with van der Waals surface area (Å²) in [5, 5.41) is 8.11. The third-order valence-corrected chi connectivity index (χ3v) is 4.54. The average Bonchev–Trinajstić information content (AvgIpc) is 3.22. The zero-order valence-corrected chi connectivity index (χ0v) is 13.2. The van der Waals surface area contributed by atoms with E-state index in [2.05, 4.69) is 15.3 Å². The van der Waals surface area contributed by atoms with Gasteiger partial charge < -0.3 is 14.1 Å². The molecule has 23 heavy (non-hydrogen) atoms. The van der Waals surface area contributed by atoms with Gasteiger partial charge >= 0.3 is 0 Å². The molecule has 0 unspecified atom stereocenters. The van der Waals surface area contributed by atoms with Crippen LogP contribution in [0.5, 0.6) is 0 Å². The molecule has 0 bridgehead atoms. The molecule has 2 aromatic rings. The summed E-state index contributed by atoms with van der Waals surface area (Å²) in [7, 11) is 0. The Hall–Kier alpha value is -2.22. The lowest BCUT2D eigenvalue weighted by Gasteiger charge is -2.40. The molecule has 8 nitrogen and oxygen atoms in total. The maximum absolute atomic E-state index is 12.8. The van der Waals surface area contributed by atoms with E-state index in [1.807, 2.05) is 23.4 Å². The lowest BCUT2D eigenvalue weighted by atomic mass is 9.99. The molecule has 122 valence electrons. The molecular weight excluding hydrogens is 298 g/mol. The van der Waals surface area contributed by atoms with Crippen molar-refractivity contribution in [3.8, 4) is 0 Å². The molecule has 1 saturated heterocycles. The van der Waals surface area contributed by atoms with Crippen LogP contribution >= 0.6 is 0 Å². The van der Waals surface area contributed by atoms with E-state index in [-0.39, 0.29) is 24.0 Å². The molecule has 0 aromatic carbocycles. The van der Waals surface area contributed by atoms with Crippen LogP contribution in [0.1, 0.15) is 54.2 Å². The summed E-state index contributed by atoms with van der Waals surface area (Å²) in [6.07, 6.45) is 3.92. The standard InChI is InChI=1S/C15H19N5O3/c1-9(2)14-13(16-8-23-14)15(21)19-4-3-12-11(6-19)20-10(7-22-12)5-17-18-20/h5,8-9,11-12H,3-4,6-7H2,1-2H3/t11-,12-/m0/s1. The lowest BCUT2D eigenvalue weighted by molar-refractivity contribution is -0.0605. The predicted octanol–water partition coefficient (Wildman–Crippen LogP) is 1.38. The monoisotopic (exact) mass is 317 g/mol. The highest BCUT2D eigenvalue weighted by atomic mass is 16.5. The van der Waals surface area contributed by atoms with E-state index < -0.39 is 0 Å². The van der Waals surface area contributed by atoms with Crippen molar-refractivity contribution in [2.45, 2.75) is 44.9 Å². The Balaban J connectivity index is 1.58. The molecule has 2 aliphatic rings. The predicted molar refractivity (Wildman–Crippen MR) is 78.7 cm³/mol. The molecule has 2 atom stereocenters. The second kappa shape index (κ2) is 5.45. The summed E-state index contributed by atoms with van der Waals surface area (Å²) in [6.45, 7) is 5.70. The van der Waals surface area contributed by atoms with Crippen molar-refractivity contribution in [3.63, 3.8) is 0 Å². The van der Waals surface area contributed by atoms with Crippen molar-refractivity contribution in [1.29, 1.82) is 0 Å². The fourth-order valence-electron chi connectivity index (χ4n) is 3.34. The van der Waals surface area contributed by atoms with Crippen molar-refractivity contribution in [2.75, 3.05) is 13.1 Å². The molecule has 8 heteroatoms. The summed E-state index contributed by atoms with van der Waals surface area (Å²) in [5.41, 5.74) is 1.36. The lowest BCUT2D eigenvalue weighted by Crippen LogP contribution is -2.50. The summed E-state index contributed by atoms with van der Waals surface area (Å²) in [5.74, 6) is 0.667. The number of hydrogen-bond acceptors (Lipinski definition) is 6. The van der Waals surface area contributed by atoms with Gasteiger partial charge in [0, 0.05) is 19.0 Å². The molecule has 4 rings (SSSR count). The average molecular weight is 317 g/mol. The number of ether oxygens (including phenoxy) is 1. The summed E-state index contributed by atoms with van der Waals surface area (Å²) in [6, 6.07) is 0.00773. The van der Waals surface area contributed by atoms with Crippen molar-refractivity contribution in [3.05, 3.63) is 29.7 Å². The SMILES string of the molecule is CC(C)c1ocnc1C(=O)N1CC[C@@H]2OCc3cnnn3[C@H]2C1. The first kappa shape index (κ1) is 14.4. The maximum atomic E-state index is 12.8. The highest BCUT2D eigenvalue weighted by Crippen LogP contribution is 2.31. The third kappa shape index (κ3) is 2.33. The van der Waals surface area contributed by atoms with Gasteiger partial charge in [-0.1, -0.05) is 19.1 Å². The minimum Gasteiger partial charge on any atom is -0.447 e. The number of nitrogens with zero attached hydrogens (tertiary/aromatic N) is 5. The number of rotatable bonds is 2. The molecule has 0 spiro atoms. The van der Waals surface area contributed by atoms with E-state index in [1.165, 1.54) is 6.39 Å². The fraction of sp³-hybridized carbons (Fsp3) is 0.600. The van der Waals surface area contributed by atoms with Gasteiger partial charge in [0.25, 0.3) is 5.91 Å². The minimum atomic E-state index is -0.0897. The van der Waals surface area contributed by atoms with Crippen LogP contribution < -0.4 is 0 Å². The van der Waals surface area contributed by atoms with Crippen LogP contribution in [0.15, 0.2) is 17.0 Å². The van der Waals surface area contributed by atoms with Gasteiger partial charge in [-0.15, -0.1) is 5.10 Å². The molecular formula is C15H19N5O3. The smallest absolute Gasteiger partial charge is 0.276 e. The number of oxazole rings is 1. The van der Waals surface area contributed by atoms with Crippen LogP contribution in [0.2, 0.25) is 0 Å². The molecule has 0 N–H and O–H groups in total. The van der Waals surface area contributed by atoms with E-state index in [4.69, 9.17) is 9.15 Å². The molecule has 0 aliphatic carbocycles. The van der Waals surface area contributed by atoms with E-state index in [9.17, 15) is 4.79 Å². The number of carbonyl (C=O) groups excluding carboxylic acids is 1. The van der Waals surface area contributed by atoms with Crippen LogP contribution in [-0.2, 0) is 11.3 Å². The Morgan fingerprint density at radius 2 is 2.30 bits per heavy atom. The molecule has 0 radical (unpaired) electrons. The number of aromatic nitrogens is 4. The Kier molecular flexibility index (Phi) is 3.41. The summed E-state index contributed by atoms with van der Waals surface area (Å²) < 4.78 is 13.1. The van der Waals surface area contributed by atoms with E-state index in [1.54, 1.807) is 6.20 Å². The highest BCUT2D eigenvalue weighted by Gasteiger charge is 2.39. The number of hydrogen-bond donors (Lipinski definition) is 0. The van der Waals surface area contributed by atoms with E-state index in [0.717, 1.165) is 12.1 Å². The van der Waals surface area contributed by atoms with E-state index >= 15 is 0 Å². The Bertz CT molecular complexity index is 722. The van der Waals surface area contributed by atoms with Gasteiger partial charge in [0.1, 0.15) is 5.76 Å². The molecule has 4 heterocycles. The molecule has 2 aromatic heterocycles. The Morgan fingerprint density at radius 3 is 3.13 bits per heavy atom. The second-order valence-electron chi connectivity index (χ2n) is 6.35. The Morgan fingerprint density at radius 1 is 1.43 bits per heavy atom. The van der Waals surface area contributed by atoms with Gasteiger partial charge in [-0.05, 0) is 6.42 Å². The van der Waals surface area contributed by atoms with Gasteiger partial charge in [-0.25, -0.2) is 9.67 Å². The van der Waals surface area contributed by atoms with Crippen molar-refractivity contribution in [2.24, 2.45) is 0 Å². The van der Waals surface area contributed by atoms with Crippen molar-refractivity contribution >= 4 is 5.91 Å². The van der Waals surface area contributed by atoms with Gasteiger partial charge in [-0.3, -0.25) is 4.79 Å². The number of piperidine rings is 1. The quantitative estimate of drug-likeness (QED) is 0.831. The summed E-state index contributed by atoms with van der Waals surface area (Å²) in [4.78, 5) is 18.8.